The number of nitrogens with zero attached hydrogens (tertiary/aromatic N) is 4. The number of rotatable bonds is 3. The van der Waals surface area contributed by atoms with E-state index in [4.69, 9.17) is 0 Å². The molecule has 0 radical (unpaired) electrons. The van der Waals surface area contributed by atoms with Gasteiger partial charge in [-0.15, -0.1) is 0 Å². The molecule has 138 valence electrons. The summed E-state index contributed by atoms with van der Waals surface area (Å²) >= 11 is 3.21. The normalized spacial score (nSPS) is 12.7. The molecule has 3 heterocycles. The summed E-state index contributed by atoms with van der Waals surface area (Å²) in [7, 11) is -2.35. The topological polar surface area (TPSA) is 77.7 Å². The first-order chi connectivity index (χ1) is 12.0. The van der Waals surface area contributed by atoms with Crippen LogP contribution in [-0.4, -0.2) is 33.7 Å². The average Bonchev–Trinajstić information content (AvgIpc) is 2.89. The molecule has 0 saturated carbocycles. The van der Waals surface area contributed by atoms with E-state index < -0.39 is 26.5 Å². The van der Waals surface area contributed by atoms with Crippen LogP contribution in [0.4, 0.5) is 13.2 Å². The predicted octanol–water partition coefficient (Wildman–Crippen LogP) is 3.61. The average molecular weight is 449 g/mol. The summed E-state index contributed by atoms with van der Waals surface area (Å²) in [6.07, 6.45) is -4.10. The van der Waals surface area contributed by atoms with E-state index in [2.05, 4.69) is 30.9 Å². The summed E-state index contributed by atoms with van der Waals surface area (Å²) in [5, 5.41) is 0. The highest BCUT2D eigenvalue weighted by atomic mass is 79.9. The van der Waals surface area contributed by atoms with Crippen molar-refractivity contribution in [1.29, 1.82) is 0 Å². The van der Waals surface area contributed by atoms with E-state index in [1.165, 1.54) is 6.92 Å². The minimum absolute atomic E-state index is 0.117. The van der Waals surface area contributed by atoms with Crippen molar-refractivity contribution in [2.75, 3.05) is 5.75 Å². The Hall–Kier alpha value is -2.01. The van der Waals surface area contributed by atoms with E-state index in [0.29, 0.717) is 28.0 Å². The van der Waals surface area contributed by atoms with Gasteiger partial charge in [-0.1, -0.05) is 6.92 Å². The lowest BCUT2D eigenvalue weighted by atomic mass is 10.2. The smallest absolute Gasteiger partial charge is 0.324 e. The molecule has 0 amide bonds. The molecule has 0 spiro atoms. The molecular formula is C15H12BrF3N4O2S. The molecule has 0 aliphatic carbocycles. The molecule has 3 rings (SSSR count). The Labute approximate surface area is 155 Å². The summed E-state index contributed by atoms with van der Waals surface area (Å²) in [6.45, 7) is 1.35. The second kappa shape index (κ2) is 6.31. The minimum Gasteiger partial charge on any atom is -0.324 e. The first-order valence-corrected chi connectivity index (χ1v) is 9.78. The zero-order valence-corrected chi connectivity index (χ0v) is 15.9. The Morgan fingerprint density at radius 2 is 1.92 bits per heavy atom. The monoisotopic (exact) mass is 448 g/mol. The lowest BCUT2D eigenvalue weighted by Crippen LogP contribution is -2.13. The molecule has 0 aliphatic heterocycles. The number of fused-ring (bicyclic) bond motifs is 1. The van der Waals surface area contributed by atoms with Crippen LogP contribution in [0.2, 0.25) is 0 Å². The van der Waals surface area contributed by atoms with Crippen LogP contribution in [0.15, 0.2) is 33.9 Å². The highest BCUT2D eigenvalue weighted by Crippen LogP contribution is 2.34. The predicted molar refractivity (Wildman–Crippen MR) is 92.2 cm³/mol. The van der Waals surface area contributed by atoms with Gasteiger partial charge in [-0.3, -0.25) is 4.98 Å². The number of hydrogen-bond donors (Lipinski definition) is 0. The molecule has 0 saturated heterocycles. The summed E-state index contributed by atoms with van der Waals surface area (Å²) in [5.41, 5.74) is -0.368. The summed E-state index contributed by atoms with van der Waals surface area (Å²) < 4.78 is 65.9. The zero-order chi connectivity index (χ0) is 19.3. The maximum atomic E-state index is 13.0. The van der Waals surface area contributed by atoms with Gasteiger partial charge in [-0.05, 0) is 34.1 Å². The van der Waals surface area contributed by atoms with E-state index in [1.807, 2.05) is 0 Å². The number of imidazole rings is 1. The molecule has 0 aliphatic rings. The fourth-order valence-electron chi connectivity index (χ4n) is 2.42. The van der Waals surface area contributed by atoms with E-state index in [9.17, 15) is 21.6 Å². The van der Waals surface area contributed by atoms with Crippen molar-refractivity contribution in [3.8, 4) is 11.5 Å². The quantitative estimate of drug-likeness (QED) is 0.572. The van der Waals surface area contributed by atoms with Gasteiger partial charge >= 0.3 is 6.18 Å². The summed E-state index contributed by atoms with van der Waals surface area (Å²) in [4.78, 5) is 11.7. The molecule has 0 N–H and O–H groups in total. The Morgan fingerprint density at radius 3 is 2.54 bits per heavy atom. The van der Waals surface area contributed by atoms with Crippen LogP contribution in [0.5, 0.6) is 0 Å². The molecule has 26 heavy (non-hydrogen) atoms. The molecule has 0 unspecified atom stereocenters. The van der Waals surface area contributed by atoms with E-state index in [0.717, 1.165) is 0 Å². The molecule has 0 fully saturated rings. The van der Waals surface area contributed by atoms with Crippen molar-refractivity contribution in [3.63, 3.8) is 0 Å². The summed E-state index contributed by atoms with van der Waals surface area (Å²) in [6, 6.07) is 3.99. The Kier molecular flexibility index (Phi) is 4.55. The largest absolute Gasteiger partial charge is 0.417 e. The SMILES string of the molecule is CCS(=O)(=O)c1cc(C(F)(F)F)cnc1-c1nc2nc(Br)ccc2n1C. The number of aromatic nitrogens is 4. The zero-order valence-electron chi connectivity index (χ0n) is 13.5. The maximum Gasteiger partial charge on any atom is 0.417 e. The summed E-state index contributed by atoms with van der Waals surface area (Å²) in [5.74, 6) is -0.247. The second-order valence-corrected chi connectivity index (χ2v) is 8.50. The van der Waals surface area contributed by atoms with Gasteiger partial charge in [0.05, 0.1) is 21.7 Å². The van der Waals surface area contributed by atoms with E-state index >= 15 is 0 Å². The minimum atomic E-state index is -4.71. The van der Waals surface area contributed by atoms with Crippen molar-refractivity contribution in [1.82, 2.24) is 19.5 Å². The van der Waals surface area contributed by atoms with Gasteiger partial charge in [0.2, 0.25) is 0 Å². The van der Waals surface area contributed by atoms with Gasteiger partial charge in [0, 0.05) is 13.2 Å². The van der Waals surface area contributed by atoms with Gasteiger partial charge in [0.1, 0.15) is 10.3 Å². The van der Waals surface area contributed by atoms with Crippen LogP contribution in [0.3, 0.4) is 0 Å². The van der Waals surface area contributed by atoms with Crippen molar-refractivity contribution in [3.05, 3.63) is 34.6 Å². The standard InChI is InChI=1S/C15H12BrF3N4O2S/c1-3-26(24,25)10-6-8(15(17,18)19)7-20-12(10)14-22-13-9(23(14)2)4-5-11(16)21-13/h4-7H,3H2,1-2H3. The van der Waals surface area contributed by atoms with Gasteiger partial charge in [-0.25, -0.2) is 18.4 Å². The third-order valence-electron chi connectivity index (χ3n) is 3.82. The van der Waals surface area contributed by atoms with Crippen LogP contribution in [0.1, 0.15) is 12.5 Å². The van der Waals surface area contributed by atoms with Gasteiger partial charge in [0.25, 0.3) is 0 Å². The van der Waals surface area contributed by atoms with Crippen LogP contribution in [-0.2, 0) is 23.1 Å². The van der Waals surface area contributed by atoms with Crippen LogP contribution < -0.4 is 0 Å². The number of alkyl halides is 3. The van der Waals surface area contributed by atoms with Crippen LogP contribution >= 0.6 is 15.9 Å². The Bertz CT molecular complexity index is 1110. The Balaban J connectivity index is 2.33. The number of hydrogen-bond acceptors (Lipinski definition) is 5. The molecule has 6 nitrogen and oxygen atoms in total. The van der Waals surface area contributed by atoms with E-state index in [-0.39, 0.29) is 17.3 Å². The third-order valence-corrected chi connectivity index (χ3v) is 6.00. The van der Waals surface area contributed by atoms with Gasteiger partial charge in [-0.2, -0.15) is 13.2 Å². The fourth-order valence-corrected chi connectivity index (χ4v) is 3.78. The van der Waals surface area contributed by atoms with Crippen LogP contribution in [0.25, 0.3) is 22.7 Å². The van der Waals surface area contributed by atoms with Crippen molar-refractivity contribution in [2.24, 2.45) is 7.05 Å². The molecule has 3 aromatic heterocycles. The lowest BCUT2D eigenvalue weighted by molar-refractivity contribution is -0.138. The Morgan fingerprint density at radius 1 is 1.23 bits per heavy atom. The van der Waals surface area contributed by atoms with Gasteiger partial charge < -0.3 is 4.57 Å². The highest BCUT2D eigenvalue weighted by Gasteiger charge is 2.34. The molecule has 0 aromatic carbocycles. The first-order valence-electron chi connectivity index (χ1n) is 7.34. The van der Waals surface area contributed by atoms with Crippen LogP contribution in [0, 0.1) is 0 Å². The maximum absolute atomic E-state index is 13.0. The molecule has 3 aromatic rings. The van der Waals surface area contributed by atoms with Gasteiger partial charge in [0.15, 0.2) is 21.3 Å². The molecule has 0 atom stereocenters. The van der Waals surface area contributed by atoms with Crippen molar-refractivity contribution in [2.45, 2.75) is 18.0 Å². The fraction of sp³-hybridized carbons (Fsp3) is 0.267. The molecule has 0 bridgehead atoms. The highest BCUT2D eigenvalue weighted by molar-refractivity contribution is 9.10. The number of pyridine rings is 2. The number of aryl methyl sites for hydroxylation is 1. The second-order valence-electron chi connectivity index (χ2n) is 5.44. The molecular weight excluding hydrogens is 437 g/mol. The number of halogens is 4. The van der Waals surface area contributed by atoms with Crippen molar-refractivity contribution < 1.29 is 21.6 Å². The van der Waals surface area contributed by atoms with Crippen molar-refractivity contribution >= 4 is 36.9 Å². The molecule has 11 heteroatoms. The first kappa shape index (κ1) is 18.8. The van der Waals surface area contributed by atoms with E-state index in [1.54, 1.807) is 23.7 Å². The number of sulfone groups is 1. The lowest BCUT2D eigenvalue weighted by Gasteiger charge is -2.12. The third kappa shape index (κ3) is 3.20.